The lowest BCUT2D eigenvalue weighted by atomic mass is 10.0. The number of halogens is 1. The number of anilines is 1. The molecule has 1 unspecified atom stereocenters. The molecule has 0 amide bonds. The number of alkyl halides is 1. The van der Waals surface area contributed by atoms with Crippen LogP contribution in [0.5, 0.6) is 0 Å². The van der Waals surface area contributed by atoms with E-state index in [2.05, 4.69) is 21.1 Å². The van der Waals surface area contributed by atoms with Gasteiger partial charge in [0.25, 0.3) is 0 Å². The predicted octanol–water partition coefficient (Wildman–Crippen LogP) is 2.16. The van der Waals surface area contributed by atoms with Crippen LogP contribution in [0.2, 0.25) is 0 Å². The maximum absolute atomic E-state index is 5.84. The number of para-hydroxylation sites is 1. The van der Waals surface area contributed by atoms with Crippen molar-refractivity contribution in [1.29, 1.82) is 0 Å². The molecule has 2 rings (SSSR count). The van der Waals surface area contributed by atoms with Gasteiger partial charge in [0.05, 0.1) is 5.71 Å². The van der Waals surface area contributed by atoms with E-state index in [0.717, 1.165) is 28.7 Å². The molecule has 1 aliphatic heterocycles. The summed E-state index contributed by atoms with van der Waals surface area (Å²) in [6.45, 7) is 0. The smallest absolute Gasteiger partial charge is 0.142 e. The predicted molar refractivity (Wildman–Crippen MR) is 60.7 cm³/mol. The van der Waals surface area contributed by atoms with Crippen LogP contribution in [0.1, 0.15) is 12.0 Å². The SMILES string of the molecule is Nc1ccccc1C1=NOC(CBr)C1. The van der Waals surface area contributed by atoms with Crippen molar-refractivity contribution in [2.45, 2.75) is 12.5 Å². The van der Waals surface area contributed by atoms with Crippen LogP contribution < -0.4 is 5.73 Å². The lowest BCUT2D eigenvalue weighted by Gasteiger charge is -2.03. The van der Waals surface area contributed by atoms with Crippen LogP contribution in [0, 0.1) is 0 Å². The molecule has 0 saturated heterocycles. The summed E-state index contributed by atoms with van der Waals surface area (Å²) in [6.07, 6.45) is 0.962. The second kappa shape index (κ2) is 4.00. The van der Waals surface area contributed by atoms with Crippen molar-refractivity contribution in [3.63, 3.8) is 0 Å². The molecule has 1 aliphatic rings. The fraction of sp³-hybridized carbons (Fsp3) is 0.300. The first-order chi connectivity index (χ1) is 6.81. The van der Waals surface area contributed by atoms with Gasteiger partial charge in [0.1, 0.15) is 6.10 Å². The minimum Gasteiger partial charge on any atom is -0.398 e. The van der Waals surface area contributed by atoms with Crippen molar-refractivity contribution in [1.82, 2.24) is 0 Å². The summed E-state index contributed by atoms with van der Waals surface area (Å²) < 4.78 is 0. The first-order valence-electron chi connectivity index (χ1n) is 4.45. The van der Waals surface area contributed by atoms with Gasteiger partial charge < -0.3 is 10.6 Å². The van der Waals surface area contributed by atoms with E-state index in [4.69, 9.17) is 10.6 Å². The molecule has 74 valence electrons. The minimum atomic E-state index is 0.143. The van der Waals surface area contributed by atoms with E-state index < -0.39 is 0 Å². The normalized spacial score (nSPS) is 20.4. The Bertz CT molecular complexity index is 365. The molecule has 1 aromatic rings. The van der Waals surface area contributed by atoms with Crippen LogP contribution in [-0.4, -0.2) is 17.1 Å². The number of oxime groups is 1. The van der Waals surface area contributed by atoms with Crippen molar-refractivity contribution < 1.29 is 4.84 Å². The first kappa shape index (κ1) is 9.52. The van der Waals surface area contributed by atoms with Crippen molar-refractivity contribution in [2.75, 3.05) is 11.1 Å². The highest BCUT2D eigenvalue weighted by molar-refractivity contribution is 9.09. The zero-order valence-electron chi connectivity index (χ0n) is 7.61. The molecule has 0 fully saturated rings. The molecule has 0 aromatic heterocycles. The molecule has 0 aliphatic carbocycles. The molecule has 3 nitrogen and oxygen atoms in total. The van der Waals surface area contributed by atoms with Crippen LogP contribution in [-0.2, 0) is 4.84 Å². The Hall–Kier alpha value is -1.03. The van der Waals surface area contributed by atoms with Crippen LogP contribution in [0.15, 0.2) is 29.4 Å². The third-order valence-corrected chi connectivity index (χ3v) is 2.90. The molecule has 1 heterocycles. The largest absolute Gasteiger partial charge is 0.398 e. The summed E-state index contributed by atoms with van der Waals surface area (Å²) in [7, 11) is 0. The zero-order valence-corrected chi connectivity index (χ0v) is 9.20. The molecule has 0 saturated carbocycles. The summed E-state index contributed by atoms with van der Waals surface area (Å²) >= 11 is 3.37. The van der Waals surface area contributed by atoms with Gasteiger partial charge in [0.15, 0.2) is 0 Å². The Morgan fingerprint density at radius 2 is 2.29 bits per heavy atom. The first-order valence-corrected chi connectivity index (χ1v) is 5.57. The van der Waals surface area contributed by atoms with E-state index >= 15 is 0 Å². The van der Waals surface area contributed by atoms with Crippen molar-refractivity contribution in [2.24, 2.45) is 5.16 Å². The van der Waals surface area contributed by atoms with Gasteiger partial charge in [-0.3, -0.25) is 0 Å². The second-order valence-electron chi connectivity index (χ2n) is 3.21. The fourth-order valence-electron chi connectivity index (χ4n) is 1.43. The number of nitrogens with zero attached hydrogens (tertiary/aromatic N) is 1. The van der Waals surface area contributed by atoms with Gasteiger partial charge in [-0.15, -0.1) is 0 Å². The maximum atomic E-state index is 5.84. The molecule has 2 N–H and O–H groups in total. The Balaban J connectivity index is 2.22. The summed E-state index contributed by atoms with van der Waals surface area (Å²) in [5.74, 6) is 0. The van der Waals surface area contributed by atoms with Crippen molar-refractivity contribution in [3.05, 3.63) is 29.8 Å². The number of nitrogen functional groups attached to an aromatic ring is 1. The third kappa shape index (κ3) is 1.75. The molecular formula is C10H11BrN2O. The Kier molecular flexibility index (Phi) is 2.72. The molecule has 1 aromatic carbocycles. The van der Waals surface area contributed by atoms with Crippen LogP contribution in [0.4, 0.5) is 5.69 Å². The molecule has 4 heteroatoms. The number of benzene rings is 1. The van der Waals surface area contributed by atoms with E-state index in [1.807, 2.05) is 24.3 Å². The van der Waals surface area contributed by atoms with Gasteiger partial charge in [-0.1, -0.05) is 39.3 Å². The third-order valence-electron chi connectivity index (χ3n) is 2.18. The van der Waals surface area contributed by atoms with Gasteiger partial charge in [0, 0.05) is 23.0 Å². The van der Waals surface area contributed by atoms with Crippen LogP contribution >= 0.6 is 15.9 Å². The lowest BCUT2D eigenvalue weighted by molar-refractivity contribution is 0.104. The molecule has 1 atom stereocenters. The zero-order chi connectivity index (χ0) is 9.97. The average molecular weight is 255 g/mol. The van der Waals surface area contributed by atoms with Crippen molar-refractivity contribution >= 4 is 27.3 Å². The van der Waals surface area contributed by atoms with E-state index in [1.165, 1.54) is 0 Å². The summed E-state index contributed by atoms with van der Waals surface area (Å²) in [6, 6.07) is 7.71. The van der Waals surface area contributed by atoms with Gasteiger partial charge in [0.2, 0.25) is 0 Å². The lowest BCUT2D eigenvalue weighted by Crippen LogP contribution is -2.10. The summed E-state index contributed by atoms with van der Waals surface area (Å²) in [5.41, 5.74) is 8.51. The monoisotopic (exact) mass is 254 g/mol. The quantitative estimate of drug-likeness (QED) is 0.650. The number of rotatable bonds is 2. The average Bonchev–Trinajstić information content (AvgIpc) is 2.67. The summed E-state index contributed by atoms with van der Waals surface area (Å²) in [4.78, 5) is 5.21. The molecule has 0 radical (unpaired) electrons. The van der Waals surface area contributed by atoms with E-state index in [1.54, 1.807) is 0 Å². The second-order valence-corrected chi connectivity index (χ2v) is 3.86. The highest BCUT2D eigenvalue weighted by Crippen LogP contribution is 2.21. The Labute approximate surface area is 91.1 Å². The number of nitrogens with two attached hydrogens (primary N) is 1. The van der Waals surface area contributed by atoms with E-state index in [-0.39, 0.29) is 6.10 Å². The van der Waals surface area contributed by atoms with Crippen LogP contribution in [0.25, 0.3) is 0 Å². The summed E-state index contributed by atoms with van der Waals surface area (Å²) in [5, 5.41) is 4.82. The van der Waals surface area contributed by atoms with Gasteiger partial charge in [-0.2, -0.15) is 0 Å². The molecule has 0 spiro atoms. The molecule has 0 bridgehead atoms. The topological polar surface area (TPSA) is 47.6 Å². The van der Waals surface area contributed by atoms with Crippen LogP contribution in [0.3, 0.4) is 0 Å². The van der Waals surface area contributed by atoms with Gasteiger partial charge in [-0.25, -0.2) is 0 Å². The highest BCUT2D eigenvalue weighted by Gasteiger charge is 2.21. The molecule has 14 heavy (non-hydrogen) atoms. The number of hydrogen-bond acceptors (Lipinski definition) is 3. The van der Waals surface area contributed by atoms with Crippen molar-refractivity contribution in [3.8, 4) is 0 Å². The minimum absolute atomic E-state index is 0.143. The Morgan fingerprint density at radius 1 is 1.50 bits per heavy atom. The van der Waals surface area contributed by atoms with E-state index in [0.29, 0.717) is 0 Å². The van der Waals surface area contributed by atoms with Gasteiger partial charge in [-0.05, 0) is 6.07 Å². The van der Waals surface area contributed by atoms with E-state index in [9.17, 15) is 0 Å². The Morgan fingerprint density at radius 3 is 2.93 bits per heavy atom. The van der Waals surface area contributed by atoms with Gasteiger partial charge >= 0.3 is 0 Å². The maximum Gasteiger partial charge on any atom is 0.142 e. The number of hydrogen-bond donors (Lipinski definition) is 1. The highest BCUT2D eigenvalue weighted by atomic mass is 79.9. The fourth-order valence-corrected chi connectivity index (χ4v) is 1.78. The standard InChI is InChI=1S/C10H11BrN2O/c11-6-7-5-10(13-14-7)8-3-1-2-4-9(8)12/h1-4,7H,5-6,12H2. The molecular weight excluding hydrogens is 244 g/mol.